The van der Waals surface area contributed by atoms with Crippen molar-refractivity contribution in [3.05, 3.63) is 63.6 Å². The number of halogens is 1. The molecule has 7 nitrogen and oxygen atoms in total. The molecule has 0 aromatic heterocycles. The maximum Gasteiger partial charge on any atom is 0.242 e. The van der Waals surface area contributed by atoms with Crippen LogP contribution in [0.3, 0.4) is 0 Å². The lowest BCUT2D eigenvalue weighted by Crippen LogP contribution is -2.49. The maximum atomic E-state index is 13.4. The van der Waals surface area contributed by atoms with Gasteiger partial charge in [-0.25, -0.2) is 8.42 Å². The lowest BCUT2D eigenvalue weighted by Gasteiger charge is -2.30. The number of aryl methyl sites for hydroxylation is 2. The monoisotopic (exact) mass is 579 g/mol. The first-order valence-electron chi connectivity index (χ1n) is 12.2. The van der Waals surface area contributed by atoms with Gasteiger partial charge in [0.1, 0.15) is 6.04 Å². The van der Waals surface area contributed by atoms with Crippen LogP contribution in [0.5, 0.6) is 0 Å². The zero-order chi connectivity index (χ0) is 27.0. The molecule has 9 heteroatoms. The van der Waals surface area contributed by atoms with Gasteiger partial charge >= 0.3 is 0 Å². The minimum absolute atomic E-state index is 0.00339. The van der Waals surface area contributed by atoms with Crippen molar-refractivity contribution in [1.29, 1.82) is 0 Å². The number of amides is 2. The highest BCUT2D eigenvalue weighted by Gasteiger charge is 2.27. The second kappa shape index (κ2) is 13.2. The Kier molecular flexibility index (Phi) is 11.0. The quantitative estimate of drug-likeness (QED) is 0.385. The van der Waals surface area contributed by atoms with Gasteiger partial charge in [0.25, 0.3) is 0 Å². The van der Waals surface area contributed by atoms with Crippen LogP contribution in [0.4, 0.5) is 5.69 Å². The smallest absolute Gasteiger partial charge is 0.242 e. The van der Waals surface area contributed by atoms with Crippen LogP contribution in [-0.4, -0.2) is 50.0 Å². The van der Waals surface area contributed by atoms with Crippen LogP contribution in [0.1, 0.15) is 56.7 Å². The van der Waals surface area contributed by atoms with E-state index in [-0.39, 0.29) is 37.4 Å². The van der Waals surface area contributed by atoms with E-state index in [0.717, 1.165) is 27.6 Å². The molecule has 0 bridgehead atoms. The van der Waals surface area contributed by atoms with Crippen molar-refractivity contribution in [2.24, 2.45) is 0 Å². The summed E-state index contributed by atoms with van der Waals surface area (Å²) in [6.45, 7) is 9.88. The van der Waals surface area contributed by atoms with E-state index in [1.807, 2.05) is 70.2 Å². The number of rotatable bonds is 12. The van der Waals surface area contributed by atoms with Crippen LogP contribution in [-0.2, 0) is 26.2 Å². The van der Waals surface area contributed by atoms with Crippen LogP contribution in [0, 0.1) is 13.8 Å². The van der Waals surface area contributed by atoms with E-state index in [2.05, 4.69) is 21.2 Å². The zero-order valence-electron chi connectivity index (χ0n) is 22.0. The fourth-order valence-electron chi connectivity index (χ4n) is 3.85. The van der Waals surface area contributed by atoms with E-state index in [1.54, 1.807) is 11.8 Å². The van der Waals surface area contributed by atoms with E-state index in [0.29, 0.717) is 12.1 Å². The average molecular weight is 581 g/mol. The molecule has 2 amide bonds. The van der Waals surface area contributed by atoms with E-state index >= 15 is 0 Å². The molecule has 0 saturated carbocycles. The Hall–Kier alpha value is -2.39. The van der Waals surface area contributed by atoms with Crippen molar-refractivity contribution in [2.75, 3.05) is 17.1 Å². The number of sulfonamides is 1. The molecule has 198 valence electrons. The summed E-state index contributed by atoms with van der Waals surface area (Å²) >= 11 is 3.46. The van der Waals surface area contributed by atoms with Crippen molar-refractivity contribution >= 4 is 43.5 Å². The van der Waals surface area contributed by atoms with Gasteiger partial charge in [-0.15, -0.1) is 0 Å². The highest BCUT2D eigenvalue weighted by molar-refractivity contribution is 9.10. The summed E-state index contributed by atoms with van der Waals surface area (Å²) in [6.07, 6.45) is 2.41. The number of carbonyl (C=O) groups is 2. The number of carbonyl (C=O) groups excluding carboxylic acids is 2. The fourth-order valence-corrected chi connectivity index (χ4v) is 5.31. The van der Waals surface area contributed by atoms with Crippen LogP contribution in [0.25, 0.3) is 0 Å². The summed E-state index contributed by atoms with van der Waals surface area (Å²) in [6, 6.07) is 12.6. The number of hydrogen-bond acceptors (Lipinski definition) is 4. The van der Waals surface area contributed by atoms with Gasteiger partial charge < -0.3 is 10.2 Å². The summed E-state index contributed by atoms with van der Waals surface area (Å²) in [5.74, 6) is -0.406. The third-order valence-corrected chi connectivity index (χ3v) is 7.87. The number of benzene rings is 2. The summed E-state index contributed by atoms with van der Waals surface area (Å²) in [5, 5.41) is 2.96. The Morgan fingerprint density at radius 2 is 1.78 bits per heavy atom. The third kappa shape index (κ3) is 8.62. The van der Waals surface area contributed by atoms with Gasteiger partial charge in [0.05, 0.1) is 11.9 Å². The lowest BCUT2D eigenvalue weighted by molar-refractivity contribution is -0.140. The highest BCUT2D eigenvalue weighted by Crippen LogP contribution is 2.25. The molecule has 0 saturated heterocycles. The number of nitrogens with one attached hydrogen (secondary N) is 1. The first-order chi connectivity index (χ1) is 16.8. The molecule has 0 aliphatic heterocycles. The van der Waals surface area contributed by atoms with Gasteiger partial charge in [-0.1, -0.05) is 47.1 Å². The minimum Gasteiger partial charge on any atom is -0.352 e. The minimum atomic E-state index is -3.54. The molecule has 0 aliphatic rings. The largest absolute Gasteiger partial charge is 0.352 e. The molecule has 2 unspecified atom stereocenters. The zero-order valence-corrected chi connectivity index (χ0v) is 24.4. The van der Waals surface area contributed by atoms with Crippen molar-refractivity contribution in [3.63, 3.8) is 0 Å². The topological polar surface area (TPSA) is 86.8 Å². The second-order valence-electron chi connectivity index (χ2n) is 9.37. The molecule has 0 radical (unpaired) electrons. The Labute approximate surface area is 224 Å². The number of hydrogen-bond donors (Lipinski definition) is 1. The summed E-state index contributed by atoms with van der Waals surface area (Å²) < 4.78 is 27.4. The van der Waals surface area contributed by atoms with Crippen LogP contribution in [0.15, 0.2) is 46.9 Å². The molecular weight excluding hydrogens is 542 g/mol. The molecule has 2 aromatic carbocycles. The SMILES string of the molecule is CCC(C)NC(=O)C(C)N(Cc1cccc(Br)c1)C(=O)CCCN(c1cc(C)ccc1C)S(C)(=O)=O. The molecule has 1 N–H and O–H groups in total. The predicted molar refractivity (Wildman–Crippen MR) is 149 cm³/mol. The predicted octanol–water partition coefficient (Wildman–Crippen LogP) is 4.94. The molecule has 0 aliphatic carbocycles. The molecule has 2 aromatic rings. The first kappa shape index (κ1) is 29.8. The van der Waals surface area contributed by atoms with Gasteiger partial charge in [0.15, 0.2) is 0 Å². The molecule has 2 rings (SSSR count). The summed E-state index contributed by atoms with van der Waals surface area (Å²) in [4.78, 5) is 27.8. The third-order valence-electron chi connectivity index (χ3n) is 6.20. The van der Waals surface area contributed by atoms with Crippen LogP contribution >= 0.6 is 15.9 Å². The standard InChI is InChI=1S/C27H38BrN3O4S/c1-7-21(4)29-27(33)22(5)30(18-23-10-8-11-24(28)17-23)26(32)12-9-15-31(36(6,34)35)25-16-19(2)13-14-20(25)3/h8,10-11,13-14,16-17,21-22H,7,9,12,15,18H2,1-6H3,(H,29,33). The van der Waals surface area contributed by atoms with E-state index in [4.69, 9.17) is 0 Å². The second-order valence-corrected chi connectivity index (χ2v) is 12.2. The first-order valence-corrected chi connectivity index (χ1v) is 14.9. The maximum absolute atomic E-state index is 13.4. The van der Waals surface area contributed by atoms with Gasteiger partial charge in [-0.3, -0.25) is 13.9 Å². The molecule has 0 fully saturated rings. The Balaban J connectivity index is 2.21. The Morgan fingerprint density at radius 3 is 2.39 bits per heavy atom. The average Bonchev–Trinajstić information content (AvgIpc) is 2.80. The van der Waals surface area contributed by atoms with Gasteiger partial charge in [0, 0.05) is 30.0 Å². The van der Waals surface area contributed by atoms with E-state index in [9.17, 15) is 18.0 Å². The van der Waals surface area contributed by atoms with E-state index < -0.39 is 16.1 Å². The van der Waals surface area contributed by atoms with Crippen LogP contribution in [0.2, 0.25) is 0 Å². The Morgan fingerprint density at radius 1 is 1.08 bits per heavy atom. The van der Waals surface area contributed by atoms with Crippen molar-refractivity contribution < 1.29 is 18.0 Å². The molecule has 36 heavy (non-hydrogen) atoms. The summed E-state index contributed by atoms with van der Waals surface area (Å²) in [5.41, 5.74) is 3.33. The Bertz CT molecular complexity index is 1170. The van der Waals surface area contributed by atoms with Crippen molar-refractivity contribution in [3.8, 4) is 0 Å². The number of nitrogens with zero attached hydrogens (tertiary/aromatic N) is 2. The normalized spacial score (nSPS) is 13.1. The number of anilines is 1. The van der Waals surface area contributed by atoms with Crippen molar-refractivity contribution in [1.82, 2.24) is 10.2 Å². The van der Waals surface area contributed by atoms with E-state index in [1.165, 1.54) is 10.6 Å². The summed E-state index contributed by atoms with van der Waals surface area (Å²) in [7, 11) is -3.54. The van der Waals surface area contributed by atoms with Crippen molar-refractivity contribution in [2.45, 2.75) is 72.5 Å². The molecule has 0 heterocycles. The molecular formula is C27H38BrN3O4S. The highest BCUT2D eigenvalue weighted by atomic mass is 79.9. The molecule has 0 spiro atoms. The van der Waals surface area contributed by atoms with Gasteiger partial charge in [0.2, 0.25) is 21.8 Å². The fraction of sp³-hybridized carbons (Fsp3) is 0.481. The van der Waals surface area contributed by atoms with Gasteiger partial charge in [-0.2, -0.15) is 0 Å². The lowest BCUT2D eigenvalue weighted by atomic mass is 10.1. The molecule has 2 atom stereocenters. The van der Waals surface area contributed by atoms with Crippen LogP contribution < -0.4 is 9.62 Å². The van der Waals surface area contributed by atoms with Gasteiger partial charge in [-0.05, 0) is 75.4 Å².